The molecule has 0 aliphatic carbocycles. The lowest BCUT2D eigenvalue weighted by molar-refractivity contribution is -0.118. The number of rotatable bonds is 3. The molecule has 16 heavy (non-hydrogen) atoms. The SMILES string of the molecule is CCCCC(=O)N1CCc2ccc(F)cc21. The summed E-state index contributed by atoms with van der Waals surface area (Å²) >= 11 is 0. The number of hydrogen-bond donors (Lipinski definition) is 0. The van der Waals surface area contributed by atoms with E-state index in [1.165, 1.54) is 12.1 Å². The van der Waals surface area contributed by atoms with E-state index in [1.807, 2.05) is 0 Å². The Labute approximate surface area is 95.1 Å². The summed E-state index contributed by atoms with van der Waals surface area (Å²) < 4.78 is 13.1. The molecular formula is C13H16FNO. The normalized spacial score (nSPS) is 14.0. The molecule has 0 radical (unpaired) electrons. The van der Waals surface area contributed by atoms with Crippen LogP contribution in [0.4, 0.5) is 10.1 Å². The van der Waals surface area contributed by atoms with E-state index in [4.69, 9.17) is 0 Å². The van der Waals surface area contributed by atoms with Gasteiger partial charge in [-0.2, -0.15) is 0 Å². The van der Waals surface area contributed by atoms with Crippen molar-refractivity contribution < 1.29 is 9.18 Å². The largest absolute Gasteiger partial charge is 0.312 e. The van der Waals surface area contributed by atoms with Gasteiger partial charge in [0.1, 0.15) is 5.82 Å². The number of carbonyl (C=O) groups is 1. The van der Waals surface area contributed by atoms with Crippen molar-refractivity contribution in [1.82, 2.24) is 0 Å². The summed E-state index contributed by atoms with van der Waals surface area (Å²) in [4.78, 5) is 13.6. The van der Waals surface area contributed by atoms with Crippen LogP contribution in [0.5, 0.6) is 0 Å². The average molecular weight is 221 g/mol. The Morgan fingerprint density at radius 3 is 3.06 bits per heavy atom. The van der Waals surface area contributed by atoms with E-state index in [0.29, 0.717) is 13.0 Å². The van der Waals surface area contributed by atoms with Crippen molar-refractivity contribution in [1.29, 1.82) is 0 Å². The Hall–Kier alpha value is -1.38. The number of nitrogens with zero attached hydrogens (tertiary/aromatic N) is 1. The minimum absolute atomic E-state index is 0.117. The fraction of sp³-hybridized carbons (Fsp3) is 0.462. The van der Waals surface area contributed by atoms with Gasteiger partial charge in [-0.05, 0) is 30.5 Å². The predicted molar refractivity (Wildman–Crippen MR) is 62.0 cm³/mol. The fourth-order valence-electron chi connectivity index (χ4n) is 2.07. The van der Waals surface area contributed by atoms with Gasteiger partial charge in [0.2, 0.25) is 5.91 Å². The van der Waals surface area contributed by atoms with E-state index in [9.17, 15) is 9.18 Å². The first-order chi connectivity index (χ1) is 7.72. The molecule has 2 rings (SSSR count). The topological polar surface area (TPSA) is 20.3 Å². The van der Waals surface area contributed by atoms with Crippen LogP contribution in [-0.2, 0) is 11.2 Å². The Kier molecular flexibility index (Phi) is 3.22. The summed E-state index contributed by atoms with van der Waals surface area (Å²) in [5, 5.41) is 0. The lowest BCUT2D eigenvalue weighted by Crippen LogP contribution is -2.28. The third-order valence-corrected chi connectivity index (χ3v) is 2.99. The maximum absolute atomic E-state index is 13.1. The molecule has 1 aromatic carbocycles. The Morgan fingerprint density at radius 2 is 2.31 bits per heavy atom. The van der Waals surface area contributed by atoms with E-state index in [2.05, 4.69) is 6.92 Å². The van der Waals surface area contributed by atoms with Crippen LogP contribution in [-0.4, -0.2) is 12.5 Å². The molecule has 3 heteroatoms. The van der Waals surface area contributed by atoms with Gasteiger partial charge in [0.25, 0.3) is 0 Å². The molecular weight excluding hydrogens is 205 g/mol. The van der Waals surface area contributed by atoms with Crippen molar-refractivity contribution in [3.63, 3.8) is 0 Å². The molecule has 0 atom stereocenters. The second-order valence-corrected chi connectivity index (χ2v) is 4.17. The highest BCUT2D eigenvalue weighted by Crippen LogP contribution is 2.29. The van der Waals surface area contributed by atoms with Gasteiger partial charge in [0.05, 0.1) is 0 Å². The summed E-state index contributed by atoms with van der Waals surface area (Å²) in [5.41, 5.74) is 1.84. The molecule has 2 nitrogen and oxygen atoms in total. The molecule has 1 aliphatic rings. The monoisotopic (exact) mass is 221 g/mol. The summed E-state index contributed by atoms with van der Waals surface area (Å²) in [6, 6.07) is 4.70. The zero-order valence-corrected chi connectivity index (χ0v) is 9.50. The van der Waals surface area contributed by atoms with Crippen LogP contribution in [0.25, 0.3) is 0 Å². The first kappa shape index (κ1) is 11.1. The minimum atomic E-state index is -0.269. The highest BCUT2D eigenvalue weighted by molar-refractivity contribution is 5.95. The van der Waals surface area contributed by atoms with E-state index >= 15 is 0 Å². The number of amides is 1. The standard InChI is InChI=1S/C13H16FNO/c1-2-3-4-13(16)15-8-7-10-5-6-11(14)9-12(10)15/h5-6,9H,2-4,7-8H2,1H3. The molecule has 86 valence electrons. The van der Waals surface area contributed by atoms with Crippen molar-refractivity contribution in [3.05, 3.63) is 29.6 Å². The molecule has 0 aromatic heterocycles. The second kappa shape index (κ2) is 4.64. The minimum Gasteiger partial charge on any atom is -0.312 e. The maximum atomic E-state index is 13.1. The van der Waals surface area contributed by atoms with Gasteiger partial charge < -0.3 is 4.90 Å². The summed E-state index contributed by atoms with van der Waals surface area (Å²) in [5.74, 6) is -0.153. The number of fused-ring (bicyclic) bond motifs is 1. The quantitative estimate of drug-likeness (QED) is 0.768. The lowest BCUT2D eigenvalue weighted by Gasteiger charge is -2.17. The molecule has 0 N–H and O–H groups in total. The van der Waals surface area contributed by atoms with E-state index in [1.54, 1.807) is 11.0 Å². The van der Waals surface area contributed by atoms with Crippen LogP contribution in [0.1, 0.15) is 31.7 Å². The number of halogens is 1. The number of hydrogen-bond acceptors (Lipinski definition) is 1. The van der Waals surface area contributed by atoms with Gasteiger partial charge in [-0.15, -0.1) is 0 Å². The first-order valence-electron chi connectivity index (χ1n) is 5.81. The molecule has 0 saturated carbocycles. The lowest BCUT2D eigenvalue weighted by atomic mass is 10.1. The Morgan fingerprint density at radius 1 is 1.50 bits per heavy atom. The zero-order chi connectivity index (χ0) is 11.5. The van der Waals surface area contributed by atoms with Crippen molar-refractivity contribution in [2.24, 2.45) is 0 Å². The molecule has 0 spiro atoms. The molecule has 0 fully saturated rings. The third-order valence-electron chi connectivity index (χ3n) is 2.99. The molecule has 0 bridgehead atoms. The van der Waals surface area contributed by atoms with E-state index in [-0.39, 0.29) is 11.7 Å². The van der Waals surface area contributed by atoms with Crippen LogP contribution in [0.2, 0.25) is 0 Å². The van der Waals surface area contributed by atoms with Gasteiger partial charge in [-0.3, -0.25) is 4.79 Å². The smallest absolute Gasteiger partial charge is 0.226 e. The van der Waals surface area contributed by atoms with E-state index < -0.39 is 0 Å². The van der Waals surface area contributed by atoms with Gasteiger partial charge in [-0.1, -0.05) is 19.4 Å². The molecule has 0 saturated heterocycles. The summed E-state index contributed by atoms with van der Waals surface area (Å²) in [7, 11) is 0. The van der Waals surface area contributed by atoms with Gasteiger partial charge in [0.15, 0.2) is 0 Å². The number of anilines is 1. The third kappa shape index (κ3) is 2.08. The zero-order valence-electron chi connectivity index (χ0n) is 9.50. The van der Waals surface area contributed by atoms with Crippen LogP contribution in [0.15, 0.2) is 18.2 Å². The number of benzene rings is 1. The number of carbonyl (C=O) groups excluding carboxylic acids is 1. The van der Waals surface area contributed by atoms with Gasteiger partial charge in [0, 0.05) is 18.7 Å². The van der Waals surface area contributed by atoms with Crippen LogP contribution in [0, 0.1) is 5.82 Å². The average Bonchev–Trinajstić information content (AvgIpc) is 2.68. The summed E-state index contributed by atoms with van der Waals surface area (Å²) in [6.45, 7) is 2.76. The maximum Gasteiger partial charge on any atom is 0.226 e. The Balaban J connectivity index is 2.16. The fourth-order valence-corrected chi connectivity index (χ4v) is 2.07. The van der Waals surface area contributed by atoms with Gasteiger partial charge >= 0.3 is 0 Å². The van der Waals surface area contributed by atoms with Crippen molar-refractivity contribution in [3.8, 4) is 0 Å². The molecule has 1 amide bonds. The van der Waals surface area contributed by atoms with Crippen molar-refractivity contribution >= 4 is 11.6 Å². The summed E-state index contributed by atoms with van der Waals surface area (Å²) in [6.07, 6.45) is 3.31. The molecule has 1 aromatic rings. The number of unbranched alkanes of at least 4 members (excludes halogenated alkanes) is 1. The Bertz CT molecular complexity index is 403. The van der Waals surface area contributed by atoms with E-state index in [0.717, 1.165) is 30.5 Å². The van der Waals surface area contributed by atoms with Crippen LogP contribution < -0.4 is 4.90 Å². The highest BCUT2D eigenvalue weighted by atomic mass is 19.1. The highest BCUT2D eigenvalue weighted by Gasteiger charge is 2.24. The van der Waals surface area contributed by atoms with Crippen LogP contribution in [0.3, 0.4) is 0 Å². The van der Waals surface area contributed by atoms with Gasteiger partial charge in [-0.25, -0.2) is 4.39 Å². The van der Waals surface area contributed by atoms with Crippen molar-refractivity contribution in [2.45, 2.75) is 32.6 Å². The van der Waals surface area contributed by atoms with Crippen LogP contribution >= 0.6 is 0 Å². The first-order valence-corrected chi connectivity index (χ1v) is 5.81. The molecule has 1 heterocycles. The molecule has 0 unspecified atom stereocenters. The second-order valence-electron chi connectivity index (χ2n) is 4.17. The molecule has 1 aliphatic heterocycles. The predicted octanol–water partition coefficient (Wildman–Crippen LogP) is 2.91. The van der Waals surface area contributed by atoms with Crippen molar-refractivity contribution in [2.75, 3.05) is 11.4 Å².